The maximum atomic E-state index is 6.55. The van der Waals surface area contributed by atoms with Crippen LogP contribution in [-0.4, -0.2) is 0 Å². The number of hydrogen-bond acceptors (Lipinski definition) is 2. The van der Waals surface area contributed by atoms with E-state index in [1.54, 1.807) is 0 Å². The lowest BCUT2D eigenvalue weighted by atomic mass is 9.81. The van der Waals surface area contributed by atoms with E-state index in [2.05, 4.69) is 195 Å². The molecule has 0 unspecified atom stereocenters. The van der Waals surface area contributed by atoms with Gasteiger partial charge in [-0.25, -0.2) is 0 Å². The second kappa shape index (κ2) is 11.2. The first-order valence-corrected chi connectivity index (χ1v) is 18.4. The third kappa shape index (κ3) is 4.33. The Hall–Kier alpha value is -6.64. The molecule has 9 aromatic carbocycles. The van der Waals surface area contributed by atoms with Gasteiger partial charge in [0.25, 0.3) is 0 Å². The predicted molar refractivity (Wildman–Crippen MR) is 223 cm³/mol. The zero-order chi connectivity index (χ0) is 35.3. The Morgan fingerprint density at radius 1 is 0.415 bits per heavy atom. The van der Waals surface area contributed by atoms with Crippen molar-refractivity contribution >= 4 is 60.5 Å². The van der Waals surface area contributed by atoms with Crippen LogP contribution < -0.4 is 4.90 Å². The topological polar surface area (TPSA) is 16.4 Å². The zero-order valence-corrected chi connectivity index (χ0v) is 29.6. The summed E-state index contributed by atoms with van der Waals surface area (Å²) in [6, 6.07) is 64.1. The summed E-state index contributed by atoms with van der Waals surface area (Å²) in [6.07, 6.45) is 0. The van der Waals surface area contributed by atoms with Crippen LogP contribution in [0.5, 0.6) is 0 Å². The monoisotopic (exact) mass is 677 g/mol. The van der Waals surface area contributed by atoms with Crippen LogP contribution in [0.15, 0.2) is 180 Å². The van der Waals surface area contributed by atoms with Gasteiger partial charge >= 0.3 is 0 Å². The van der Waals surface area contributed by atoms with E-state index < -0.39 is 0 Å². The Kier molecular flexibility index (Phi) is 6.33. The third-order valence-corrected chi connectivity index (χ3v) is 11.6. The smallest absolute Gasteiger partial charge is 0.136 e. The van der Waals surface area contributed by atoms with E-state index in [4.69, 9.17) is 4.42 Å². The quantitative estimate of drug-likeness (QED) is 0.169. The fourth-order valence-electron chi connectivity index (χ4n) is 9.15. The highest BCUT2D eigenvalue weighted by Gasteiger charge is 2.37. The van der Waals surface area contributed by atoms with Crippen molar-refractivity contribution in [3.63, 3.8) is 0 Å². The van der Waals surface area contributed by atoms with E-state index in [0.29, 0.717) is 0 Å². The lowest BCUT2D eigenvalue weighted by molar-refractivity contribution is 0.660. The molecule has 0 saturated carbocycles. The molecule has 2 nitrogen and oxygen atoms in total. The first kappa shape index (κ1) is 30.0. The Bertz CT molecular complexity index is 3010. The minimum Gasteiger partial charge on any atom is -0.456 e. The van der Waals surface area contributed by atoms with Crippen molar-refractivity contribution in [2.45, 2.75) is 19.3 Å². The molecule has 0 atom stereocenters. The number of benzene rings is 9. The van der Waals surface area contributed by atoms with Crippen LogP contribution in [0.3, 0.4) is 0 Å². The van der Waals surface area contributed by atoms with Crippen molar-refractivity contribution in [2.24, 2.45) is 0 Å². The third-order valence-electron chi connectivity index (χ3n) is 11.6. The summed E-state index contributed by atoms with van der Waals surface area (Å²) in [6.45, 7) is 4.75. The molecule has 0 aliphatic heterocycles. The zero-order valence-electron chi connectivity index (χ0n) is 29.6. The molecule has 1 aliphatic carbocycles. The maximum absolute atomic E-state index is 6.55. The Morgan fingerprint density at radius 3 is 1.83 bits per heavy atom. The molecule has 0 bridgehead atoms. The van der Waals surface area contributed by atoms with Crippen LogP contribution in [-0.2, 0) is 5.41 Å². The van der Waals surface area contributed by atoms with Gasteiger partial charge in [-0.15, -0.1) is 0 Å². The molecule has 0 spiro atoms. The average Bonchev–Trinajstić information content (AvgIpc) is 3.71. The fourth-order valence-corrected chi connectivity index (χ4v) is 9.15. The number of furan rings is 1. The molecule has 250 valence electrons. The van der Waals surface area contributed by atoms with Gasteiger partial charge in [0, 0.05) is 32.9 Å². The largest absolute Gasteiger partial charge is 0.456 e. The van der Waals surface area contributed by atoms with Gasteiger partial charge in [0.05, 0.1) is 5.69 Å². The van der Waals surface area contributed by atoms with E-state index in [-0.39, 0.29) is 5.41 Å². The molecule has 2 heteroatoms. The second-order valence-electron chi connectivity index (χ2n) is 14.9. The SMILES string of the molecule is CC1(C)c2cc(N(c3ccc(-c4ccccc4)cc3)c3ccc4oc5cccc6c7ccccc7c3c4c56)ccc2-c2c(-c3ccccc3)cccc21. The lowest BCUT2D eigenvalue weighted by Gasteiger charge is -2.29. The molecular formula is C51H35NO. The first-order chi connectivity index (χ1) is 26.1. The summed E-state index contributed by atoms with van der Waals surface area (Å²) in [5.41, 5.74) is 15.3. The molecule has 0 amide bonds. The van der Waals surface area contributed by atoms with Gasteiger partial charge < -0.3 is 9.32 Å². The van der Waals surface area contributed by atoms with Gasteiger partial charge in [-0.3, -0.25) is 0 Å². The van der Waals surface area contributed by atoms with Crippen molar-refractivity contribution in [1.29, 1.82) is 0 Å². The van der Waals surface area contributed by atoms with Gasteiger partial charge in [-0.05, 0) is 103 Å². The molecular weight excluding hydrogens is 643 g/mol. The summed E-state index contributed by atoms with van der Waals surface area (Å²) < 4.78 is 6.55. The van der Waals surface area contributed by atoms with Gasteiger partial charge in [0.2, 0.25) is 0 Å². The molecule has 1 aliphatic rings. The minimum absolute atomic E-state index is 0.186. The van der Waals surface area contributed by atoms with E-state index in [9.17, 15) is 0 Å². The summed E-state index contributed by atoms with van der Waals surface area (Å²) in [7, 11) is 0. The van der Waals surface area contributed by atoms with Crippen molar-refractivity contribution in [3.8, 4) is 33.4 Å². The number of fused-ring (bicyclic) bond motifs is 6. The predicted octanol–water partition coefficient (Wildman–Crippen LogP) is 14.4. The average molecular weight is 678 g/mol. The summed E-state index contributed by atoms with van der Waals surface area (Å²) >= 11 is 0. The Balaban J connectivity index is 1.18. The number of nitrogens with zero attached hydrogens (tertiary/aromatic N) is 1. The maximum Gasteiger partial charge on any atom is 0.136 e. The van der Waals surface area contributed by atoms with Crippen LogP contribution in [0.4, 0.5) is 17.1 Å². The van der Waals surface area contributed by atoms with Crippen LogP contribution in [0.2, 0.25) is 0 Å². The van der Waals surface area contributed by atoms with Crippen LogP contribution in [0.25, 0.3) is 76.9 Å². The molecule has 10 aromatic rings. The van der Waals surface area contributed by atoms with E-state index in [0.717, 1.165) is 28.2 Å². The molecule has 0 fully saturated rings. The van der Waals surface area contributed by atoms with Crippen LogP contribution in [0, 0.1) is 0 Å². The Labute approximate surface area is 308 Å². The van der Waals surface area contributed by atoms with Gasteiger partial charge in [-0.2, -0.15) is 0 Å². The van der Waals surface area contributed by atoms with Gasteiger partial charge in [-0.1, -0.05) is 147 Å². The molecule has 1 aromatic heterocycles. The number of anilines is 3. The van der Waals surface area contributed by atoms with E-state index in [1.807, 2.05) is 0 Å². The van der Waals surface area contributed by atoms with Crippen molar-refractivity contribution in [2.75, 3.05) is 4.90 Å². The fraction of sp³-hybridized carbons (Fsp3) is 0.0588. The lowest BCUT2D eigenvalue weighted by Crippen LogP contribution is -2.16. The second-order valence-corrected chi connectivity index (χ2v) is 14.9. The van der Waals surface area contributed by atoms with Gasteiger partial charge in [0.1, 0.15) is 11.2 Å². The normalized spacial score (nSPS) is 13.2. The highest BCUT2D eigenvalue weighted by molar-refractivity contribution is 6.35. The molecule has 0 N–H and O–H groups in total. The minimum atomic E-state index is -0.186. The molecule has 0 saturated heterocycles. The number of rotatable bonds is 5. The van der Waals surface area contributed by atoms with Crippen molar-refractivity contribution < 1.29 is 4.42 Å². The highest BCUT2D eigenvalue weighted by Crippen LogP contribution is 2.55. The summed E-state index contributed by atoms with van der Waals surface area (Å²) in [5, 5.41) is 7.26. The first-order valence-electron chi connectivity index (χ1n) is 18.4. The Morgan fingerprint density at radius 2 is 1.04 bits per heavy atom. The summed E-state index contributed by atoms with van der Waals surface area (Å²) in [5.74, 6) is 0. The molecule has 11 rings (SSSR count). The molecule has 1 heterocycles. The van der Waals surface area contributed by atoms with Crippen molar-refractivity contribution in [3.05, 3.63) is 187 Å². The van der Waals surface area contributed by atoms with E-state index in [1.165, 1.54) is 76.8 Å². The van der Waals surface area contributed by atoms with Crippen LogP contribution in [0.1, 0.15) is 25.0 Å². The number of hydrogen-bond donors (Lipinski definition) is 0. The standard InChI is InChI=1S/C51H35NO/c1-51(2)42-21-11-19-37(34-15-7-4-8-16-34)47(42)41-28-27-36(31-43(41)51)52(35-25-23-33(24-26-35)32-13-5-3-6-14-32)44-29-30-46-50-48(44)39-18-10-9-17-38(39)40-20-12-22-45(53-46)49(40)50/h3-31H,1-2H3. The van der Waals surface area contributed by atoms with Crippen LogP contribution >= 0.6 is 0 Å². The molecule has 53 heavy (non-hydrogen) atoms. The van der Waals surface area contributed by atoms with E-state index >= 15 is 0 Å². The van der Waals surface area contributed by atoms with Gasteiger partial charge in [0.15, 0.2) is 0 Å². The summed E-state index contributed by atoms with van der Waals surface area (Å²) in [4.78, 5) is 2.46. The molecule has 0 radical (unpaired) electrons. The highest BCUT2D eigenvalue weighted by atomic mass is 16.3. The van der Waals surface area contributed by atoms with Crippen molar-refractivity contribution in [1.82, 2.24) is 0 Å².